The second-order valence-corrected chi connectivity index (χ2v) is 7.56. The minimum Gasteiger partial charge on any atom is -0.480 e. The van der Waals surface area contributed by atoms with Gasteiger partial charge in [-0.3, -0.25) is 9.36 Å². The molecule has 1 N–H and O–H groups in total. The number of nitrogens with zero attached hydrogens (tertiary/aromatic N) is 3. The van der Waals surface area contributed by atoms with Crippen molar-refractivity contribution >= 4 is 27.8 Å². The van der Waals surface area contributed by atoms with Crippen LogP contribution in [0.3, 0.4) is 0 Å². The zero-order valence-electron chi connectivity index (χ0n) is 17.1. The minimum atomic E-state index is -1.21. The molecule has 2 aromatic carbocycles. The Kier molecular flexibility index (Phi) is 4.81. The minimum absolute atomic E-state index is 0.135. The molecule has 0 fully saturated rings. The number of carboxylic acids is 1. The van der Waals surface area contributed by atoms with Crippen LogP contribution >= 0.6 is 0 Å². The van der Waals surface area contributed by atoms with Gasteiger partial charge in [0.05, 0.1) is 17.4 Å². The fourth-order valence-corrected chi connectivity index (χ4v) is 4.26. The zero-order chi connectivity index (χ0) is 21.6. The summed E-state index contributed by atoms with van der Waals surface area (Å²) in [6.45, 7) is 3.90. The molecule has 0 saturated heterocycles. The molecular formula is C23H23N3O4. The topological polar surface area (TPSA) is 86.2 Å². The lowest BCUT2D eigenvalue weighted by molar-refractivity contribution is -0.141. The summed E-state index contributed by atoms with van der Waals surface area (Å²) in [6, 6.07) is 11.7. The van der Waals surface area contributed by atoms with Crippen molar-refractivity contribution in [2.75, 3.05) is 0 Å². The molecule has 7 heteroatoms. The molecule has 0 saturated carbocycles. The third kappa shape index (κ3) is 2.94. The third-order valence-corrected chi connectivity index (χ3v) is 5.69. The van der Waals surface area contributed by atoms with Crippen LogP contribution in [0.5, 0.6) is 0 Å². The maximum absolute atomic E-state index is 13.4. The lowest BCUT2D eigenvalue weighted by Gasteiger charge is -2.18. The molecular weight excluding hydrogens is 382 g/mol. The number of benzene rings is 2. The van der Waals surface area contributed by atoms with Crippen molar-refractivity contribution in [3.63, 3.8) is 0 Å². The van der Waals surface area contributed by atoms with E-state index in [2.05, 4.69) is 0 Å². The van der Waals surface area contributed by atoms with Gasteiger partial charge in [0.25, 0.3) is 5.56 Å². The summed E-state index contributed by atoms with van der Waals surface area (Å²) < 4.78 is 4.39. The van der Waals surface area contributed by atoms with E-state index in [0.29, 0.717) is 10.9 Å². The third-order valence-electron chi connectivity index (χ3n) is 5.69. The Bertz CT molecular complexity index is 1410. The highest BCUT2D eigenvalue weighted by molar-refractivity contribution is 5.87. The second-order valence-electron chi connectivity index (χ2n) is 7.56. The number of fused-ring (bicyclic) bond motifs is 2. The summed E-state index contributed by atoms with van der Waals surface area (Å²) in [4.78, 5) is 38.2. The van der Waals surface area contributed by atoms with Crippen molar-refractivity contribution in [1.82, 2.24) is 13.7 Å². The van der Waals surface area contributed by atoms with Gasteiger partial charge in [0.15, 0.2) is 0 Å². The van der Waals surface area contributed by atoms with E-state index in [-0.39, 0.29) is 13.0 Å². The average Bonchev–Trinajstić information content (AvgIpc) is 3.05. The van der Waals surface area contributed by atoms with E-state index in [9.17, 15) is 19.5 Å². The molecule has 30 heavy (non-hydrogen) atoms. The monoisotopic (exact) mass is 405 g/mol. The van der Waals surface area contributed by atoms with E-state index in [1.807, 2.05) is 42.9 Å². The number of hydrogen-bond donors (Lipinski definition) is 1. The van der Waals surface area contributed by atoms with Gasteiger partial charge < -0.3 is 9.67 Å². The van der Waals surface area contributed by atoms with Crippen LogP contribution in [-0.4, -0.2) is 24.8 Å². The number of aryl methyl sites for hydroxylation is 2. The van der Waals surface area contributed by atoms with Gasteiger partial charge in [-0.05, 0) is 42.7 Å². The number of aromatic nitrogens is 3. The number of para-hydroxylation sites is 1. The van der Waals surface area contributed by atoms with Gasteiger partial charge >= 0.3 is 11.7 Å². The Balaban J connectivity index is 2.04. The molecule has 154 valence electrons. The van der Waals surface area contributed by atoms with Crippen molar-refractivity contribution in [3.05, 3.63) is 80.6 Å². The zero-order valence-corrected chi connectivity index (χ0v) is 17.1. The molecule has 2 heterocycles. The molecule has 4 rings (SSSR count). The summed E-state index contributed by atoms with van der Waals surface area (Å²) in [5.41, 5.74) is 2.38. The van der Waals surface area contributed by atoms with E-state index in [1.165, 1.54) is 4.57 Å². The second kappa shape index (κ2) is 7.33. The molecule has 1 atom stereocenters. The summed E-state index contributed by atoms with van der Waals surface area (Å²) >= 11 is 0. The van der Waals surface area contributed by atoms with E-state index in [0.717, 1.165) is 26.6 Å². The van der Waals surface area contributed by atoms with E-state index < -0.39 is 23.3 Å². The van der Waals surface area contributed by atoms with E-state index in [4.69, 9.17) is 0 Å². The Morgan fingerprint density at radius 3 is 2.47 bits per heavy atom. The molecule has 0 spiro atoms. The fourth-order valence-electron chi connectivity index (χ4n) is 4.26. The van der Waals surface area contributed by atoms with Crippen molar-refractivity contribution in [3.8, 4) is 0 Å². The molecule has 0 aliphatic heterocycles. The quantitative estimate of drug-likeness (QED) is 0.553. The molecule has 0 aliphatic rings. The van der Waals surface area contributed by atoms with Gasteiger partial charge in [-0.15, -0.1) is 0 Å². The number of rotatable bonds is 5. The normalized spacial score (nSPS) is 12.5. The first-order valence-electron chi connectivity index (χ1n) is 9.85. The molecule has 4 aromatic rings. The molecule has 0 aliphatic carbocycles. The lowest BCUT2D eigenvalue weighted by Crippen LogP contribution is -2.44. The molecule has 0 unspecified atom stereocenters. The number of aliphatic carboxylic acids is 1. The SMILES string of the molecule is CC[C@H](C(=O)O)n1c(=O)c2ccccc2n(Cc2cn(C)c3cccc(C)c23)c1=O. The smallest absolute Gasteiger partial charge is 0.332 e. The van der Waals surface area contributed by atoms with Gasteiger partial charge in [-0.2, -0.15) is 0 Å². The Morgan fingerprint density at radius 1 is 1.07 bits per heavy atom. The van der Waals surface area contributed by atoms with Crippen molar-refractivity contribution < 1.29 is 9.90 Å². The van der Waals surface area contributed by atoms with Crippen LogP contribution in [0.2, 0.25) is 0 Å². The number of carbonyl (C=O) groups is 1. The van der Waals surface area contributed by atoms with Gasteiger partial charge in [-0.1, -0.05) is 31.2 Å². The van der Waals surface area contributed by atoms with Crippen LogP contribution in [0.4, 0.5) is 0 Å². The molecule has 2 aromatic heterocycles. The lowest BCUT2D eigenvalue weighted by atomic mass is 10.1. The summed E-state index contributed by atoms with van der Waals surface area (Å²) in [7, 11) is 1.95. The summed E-state index contributed by atoms with van der Waals surface area (Å²) in [6.07, 6.45) is 2.11. The fraction of sp³-hybridized carbons (Fsp3) is 0.261. The van der Waals surface area contributed by atoms with Crippen LogP contribution in [0.15, 0.2) is 58.3 Å². The summed E-state index contributed by atoms with van der Waals surface area (Å²) in [5, 5.41) is 11.0. The van der Waals surface area contributed by atoms with Gasteiger partial charge in [0, 0.05) is 24.1 Å². The maximum Gasteiger partial charge on any atom is 0.332 e. The molecule has 0 amide bonds. The van der Waals surface area contributed by atoms with E-state index in [1.54, 1.807) is 31.2 Å². The van der Waals surface area contributed by atoms with Crippen LogP contribution in [-0.2, 0) is 18.4 Å². The van der Waals surface area contributed by atoms with Crippen molar-refractivity contribution in [1.29, 1.82) is 0 Å². The first kappa shape index (κ1) is 19.7. The highest BCUT2D eigenvalue weighted by Crippen LogP contribution is 2.25. The first-order chi connectivity index (χ1) is 14.3. The average molecular weight is 405 g/mol. The largest absolute Gasteiger partial charge is 0.480 e. The highest BCUT2D eigenvalue weighted by Gasteiger charge is 2.25. The van der Waals surface area contributed by atoms with Gasteiger partial charge in [-0.25, -0.2) is 14.2 Å². The highest BCUT2D eigenvalue weighted by atomic mass is 16.4. The summed E-state index contributed by atoms with van der Waals surface area (Å²) in [5.74, 6) is -1.19. The molecule has 7 nitrogen and oxygen atoms in total. The Labute approximate surface area is 172 Å². The van der Waals surface area contributed by atoms with Gasteiger partial charge in [0.2, 0.25) is 0 Å². The Hall–Kier alpha value is -3.61. The van der Waals surface area contributed by atoms with Gasteiger partial charge in [0.1, 0.15) is 6.04 Å². The number of carboxylic acid groups (broad SMARTS) is 1. The van der Waals surface area contributed by atoms with Crippen LogP contribution in [0.1, 0.15) is 30.5 Å². The predicted molar refractivity (Wildman–Crippen MR) is 116 cm³/mol. The van der Waals surface area contributed by atoms with Crippen molar-refractivity contribution in [2.45, 2.75) is 32.9 Å². The number of hydrogen-bond acceptors (Lipinski definition) is 3. The van der Waals surface area contributed by atoms with Crippen LogP contribution < -0.4 is 11.2 Å². The van der Waals surface area contributed by atoms with Crippen LogP contribution in [0, 0.1) is 6.92 Å². The van der Waals surface area contributed by atoms with Crippen molar-refractivity contribution in [2.24, 2.45) is 7.05 Å². The standard InChI is InChI=1S/C23H23N3O4/c1-4-17(22(28)29)26-21(27)16-9-5-6-10-18(16)25(23(26)30)13-15-12-24(3)19-11-7-8-14(2)20(15)19/h5-12,17H,4,13H2,1-3H3,(H,28,29)/t17-/m1/s1. The maximum atomic E-state index is 13.4. The van der Waals surface area contributed by atoms with E-state index >= 15 is 0 Å². The first-order valence-corrected chi connectivity index (χ1v) is 9.85. The molecule has 0 bridgehead atoms. The predicted octanol–water partition coefficient (Wildman–Crippen LogP) is 3.05. The Morgan fingerprint density at radius 2 is 1.77 bits per heavy atom. The molecule has 0 radical (unpaired) electrons. The van der Waals surface area contributed by atoms with Crippen LogP contribution in [0.25, 0.3) is 21.8 Å².